The van der Waals surface area contributed by atoms with Crippen LogP contribution in [0.25, 0.3) is 6.08 Å². The van der Waals surface area contributed by atoms with Gasteiger partial charge < -0.3 is 19.5 Å². The van der Waals surface area contributed by atoms with Gasteiger partial charge in [-0.3, -0.25) is 9.59 Å². The third-order valence-corrected chi connectivity index (χ3v) is 6.44. The highest BCUT2D eigenvalue weighted by Crippen LogP contribution is 2.21. The number of hydrogen-bond acceptors (Lipinski definition) is 4. The zero-order valence-electron chi connectivity index (χ0n) is 20.6. The van der Waals surface area contributed by atoms with Crippen LogP contribution in [0.1, 0.15) is 48.7 Å². The molecular formula is C27H34N4O3. The molecule has 0 atom stereocenters. The van der Waals surface area contributed by atoms with E-state index in [1.54, 1.807) is 13.2 Å². The van der Waals surface area contributed by atoms with E-state index in [1.165, 1.54) is 0 Å². The molecule has 1 aromatic carbocycles. The quantitative estimate of drug-likeness (QED) is 0.478. The van der Waals surface area contributed by atoms with Crippen molar-refractivity contribution in [3.8, 4) is 11.8 Å². The van der Waals surface area contributed by atoms with E-state index in [9.17, 15) is 14.9 Å². The molecule has 1 saturated heterocycles. The first kappa shape index (κ1) is 25.1. The topological polar surface area (TPSA) is 87.4 Å². The number of likely N-dealkylation sites (tertiary alicyclic amines) is 1. The molecule has 34 heavy (non-hydrogen) atoms. The summed E-state index contributed by atoms with van der Waals surface area (Å²) in [5.74, 6) is 0.403. The number of methoxy groups -OCH3 is 1. The Morgan fingerprint density at radius 3 is 2.59 bits per heavy atom. The van der Waals surface area contributed by atoms with E-state index >= 15 is 0 Å². The van der Waals surface area contributed by atoms with Crippen LogP contribution >= 0.6 is 0 Å². The minimum atomic E-state index is -0.360. The summed E-state index contributed by atoms with van der Waals surface area (Å²) in [4.78, 5) is 27.4. The van der Waals surface area contributed by atoms with Gasteiger partial charge in [0.25, 0.3) is 5.91 Å². The Bertz CT molecular complexity index is 1100. The van der Waals surface area contributed by atoms with Gasteiger partial charge in [0, 0.05) is 42.6 Å². The maximum absolute atomic E-state index is 12.8. The number of amides is 2. The van der Waals surface area contributed by atoms with E-state index < -0.39 is 0 Å². The summed E-state index contributed by atoms with van der Waals surface area (Å²) in [6, 6.07) is 11.5. The molecule has 0 bridgehead atoms. The second kappa shape index (κ2) is 11.6. The Morgan fingerprint density at radius 2 is 1.94 bits per heavy atom. The van der Waals surface area contributed by atoms with Crippen molar-refractivity contribution in [2.45, 2.75) is 59.0 Å². The number of para-hydroxylation sites is 1. The SMILES string of the molecule is CCCn1c(C)cc(/C=C(/C#N)C(=O)NC2CCN(C(=O)Cc3ccccc3OC)CC2)c1C. The largest absolute Gasteiger partial charge is 0.496 e. The minimum Gasteiger partial charge on any atom is -0.496 e. The van der Waals surface area contributed by atoms with Crippen molar-refractivity contribution in [1.29, 1.82) is 5.26 Å². The van der Waals surface area contributed by atoms with E-state index in [0.717, 1.165) is 35.5 Å². The number of nitrogens with one attached hydrogen (secondary N) is 1. The molecule has 1 fully saturated rings. The van der Waals surface area contributed by atoms with Gasteiger partial charge in [-0.25, -0.2) is 0 Å². The van der Waals surface area contributed by atoms with Crippen LogP contribution < -0.4 is 10.1 Å². The first-order valence-corrected chi connectivity index (χ1v) is 11.9. The van der Waals surface area contributed by atoms with Crippen LogP contribution in [0.15, 0.2) is 35.9 Å². The van der Waals surface area contributed by atoms with Gasteiger partial charge in [0.05, 0.1) is 13.5 Å². The Balaban J connectivity index is 1.57. The molecule has 0 spiro atoms. The van der Waals surface area contributed by atoms with E-state index in [4.69, 9.17) is 4.74 Å². The molecule has 7 heteroatoms. The van der Waals surface area contributed by atoms with Crippen LogP contribution in [0.3, 0.4) is 0 Å². The molecule has 1 N–H and O–H groups in total. The number of carbonyl (C=O) groups is 2. The average Bonchev–Trinajstić information content (AvgIpc) is 3.10. The van der Waals surface area contributed by atoms with Crippen molar-refractivity contribution in [2.75, 3.05) is 20.2 Å². The van der Waals surface area contributed by atoms with Crippen molar-refractivity contribution in [1.82, 2.24) is 14.8 Å². The molecule has 1 aromatic heterocycles. The van der Waals surface area contributed by atoms with Crippen LogP contribution in [0.5, 0.6) is 5.75 Å². The van der Waals surface area contributed by atoms with Crippen LogP contribution in [-0.2, 0) is 22.6 Å². The molecule has 1 aliphatic rings. The highest BCUT2D eigenvalue weighted by atomic mass is 16.5. The van der Waals surface area contributed by atoms with Gasteiger partial charge in [-0.05, 0) is 56.9 Å². The number of aromatic nitrogens is 1. The van der Waals surface area contributed by atoms with E-state index in [1.807, 2.05) is 49.1 Å². The summed E-state index contributed by atoms with van der Waals surface area (Å²) in [5.41, 5.74) is 4.04. The zero-order chi connectivity index (χ0) is 24.7. The third-order valence-electron chi connectivity index (χ3n) is 6.44. The lowest BCUT2D eigenvalue weighted by Crippen LogP contribution is -2.47. The van der Waals surface area contributed by atoms with Crippen molar-refractivity contribution >= 4 is 17.9 Å². The summed E-state index contributed by atoms with van der Waals surface area (Å²) in [6.45, 7) is 8.23. The van der Waals surface area contributed by atoms with Gasteiger partial charge in [0.1, 0.15) is 17.4 Å². The summed E-state index contributed by atoms with van der Waals surface area (Å²) < 4.78 is 7.55. The summed E-state index contributed by atoms with van der Waals surface area (Å²) >= 11 is 0. The molecule has 2 aromatic rings. The van der Waals surface area contributed by atoms with Gasteiger partial charge in [-0.2, -0.15) is 5.26 Å². The Labute approximate surface area is 202 Å². The normalized spacial score (nSPS) is 14.6. The fraction of sp³-hybridized carbons (Fsp3) is 0.444. The Kier molecular flexibility index (Phi) is 8.53. The van der Waals surface area contributed by atoms with Crippen LogP contribution in [0.2, 0.25) is 0 Å². The second-order valence-electron chi connectivity index (χ2n) is 8.77. The zero-order valence-corrected chi connectivity index (χ0v) is 20.6. The van der Waals surface area contributed by atoms with Gasteiger partial charge in [-0.15, -0.1) is 0 Å². The van der Waals surface area contributed by atoms with Gasteiger partial charge in [0.15, 0.2) is 0 Å². The highest BCUT2D eigenvalue weighted by molar-refractivity contribution is 6.02. The van der Waals surface area contributed by atoms with Crippen molar-refractivity contribution in [3.05, 3.63) is 58.4 Å². The van der Waals surface area contributed by atoms with Gasteiger partial charge >= 0.3 is 0 Å². The number of piperidine rings is 1. The number of hydrogen-bond donors (Lipinski definition) is 1. The van der Waals surface area contributed by atoms with Crippen LogP contribution in [-0.4, -0.2) is 47.5 Å². The number of carbonyl (C=O) groups excluding carboxylic acids is 2. The Morgan fingerprint density at radius 1 is 1.24 bits per heavy atom. The lowest BCUT2D eigenvalue weighted by molar-refractivity contribution is -0.131. The van der Waals surface area contributed by atoms with Crippen molar-refractivity contribution < 1.29 is 14.3 Å². The average molecular weight is 463 g/mol. The predicted octanol–water partition coefficient (Wildman–Crippen LogP) is 3.78. The fourth-order valence-electron chi connectivity index (χ4n) is 4.51. The number of nitrogens with zero attached hydrogens (tertiary/aromatic N) is 3. The summed E-state index contributed by atoms with van der Waals surface area (Å²) in [7, 11) is 1.60. The summed E-state index contributed by atoms with van der Waals surface area (Å²) in [5, 5.41) is 12.6. The van der Waals surface area contributed by atoms with Crippen molar-refractivity contribution in [3.63, 3.8) is 0 Å². The van der Waals surface area contributed by atoms with Gasteiger partial charge in [-0.1, -0.05) is 25.1 Å². The molecule has 0 unspecified atom stereocenters. The highest BCUT2D eigenvalue weighted by Gasteiger charge is 2.25. The first-order chi connectivity index (χ1) is 16.4. The monoisotopic (exact) mass is 462 g/mol. The van der Waals surface area contributed by atoms with Crippen LogP contribution in [0, 0.1) is 25.2 Å². The smallest absolute Gasteiger partial charge is 0.262 e. The molecule has 0 aliphatic carbocycles. The van der Waals surface area contributed by atoms with E-state index in [0.29, 0.717) is 38.1 Å². The molecule has 0 saturated carbocycles. The van der Waals surface area contributed by atoms with Gasteiger partial charge in [0.2, 0.25) is 5.91 Å². The number of aryl methyl sites for hydroxylation is 1. The fourth-order valence-corrected chi connectivity index (χ4v) is 4.51. The molecule has 1 aliphatic heterocycles. The van der Waals surface area contributed by atoms with E-state index in [-0.39, 0.29) is 23.4 Å². The number of benzene rings is 1. The number of rotatable bonds is 8. The van der Waals surface area contributed by atoms with Crippen molar-refractivity contribution in [2.24, 2.45) is 0 Å². The molecule has 0 radical (unpaired) electrons. The molecule has 180 valence electrons. The molecule has 7 nitrogen and oxygen atoms in total. The summed E-state index contributed by atoms with van der Waals surface area (Å²) in [6.07, 6.45) is 4.31. The first-order valence-electron chi connectivity index (χ1n) is 11.9. The molecule has 2 amide bonds. The standard InChI is InChI=1S/C27H34N4O3/c1-5-12-31-19(2)15-22(20(31)3)16-23(18-28)27(33)29-24-10-13-30(14-11-24)26(32)17-21-8-6-7-9-25(21)34-4/h6-9,15-16,24H,5,10-14,17H2,1-4H3,(H,29,33)/b23-16-. The lowest BCUT2D eigenvalue weighted by atomic mass is 10.0. The molecular weight excluding hydrogens is 428 g/mol. The third kappa shape index (κ3) is 5.88. The molecule has 3 rings (SSSR count). The lowest BCUT2D eigenvalue weighted by Gasteiger charge is -2.32. The maximum atomic E-state index is 12.8. The number of nitriles is 1. The Hall–Kier alpha value is -3.53. The maximum Gasteiger partial charge on any atom is 0.262 e. The second-order valence-corrected chi connectivity index (χ2v) is 8.77. The van der Waals surface area contributed by atoms with Crippen LogP contribution in [0.4, 0.5) is 0 Å². The minimum absolute atomic E-state index is 0.0503. The predicted molar refractivity (Wildman–Crippen MR) is 132 cm³/mol. The number of ether oxygens (including phenoxy) is 1. The van der Waals surface area contributed by atoms with E-state index in [2.05, 4.69) is 22.9 Å². The molecule has 2 heterocycles.